The summed E-state index contributed by atoms with van der Waals surface area (Å²) in [5.74, 6) is -0.0960. The summed E-state index contributed by atoms with van der Waals surface area (Å²) in [4.78, 5) is 10.7. The molecule has 1 heterocycles. The van der Waals surface area contributed by atoms with Crippen molar-refractivity contribution in [3.8, 4) is 5.69 Å². The second-order valence-electron chi connectivity index (χ2n) is 4.17. The van der Waals surface area contributed by atoms with Crippen LogP contribution in [0.25, 0.3) is 11.8 Å². The second kappa shape index (κ2) is 6.78. The highest BCUT2D eigenvalue weighted by molar-refractivity contribution is 5.75. The van der Waals surface area contributed by atoms with Gasteiger partial charge in [-0.25, -0.2) is 0 Å². The summed E-state index contributed by atoms with van der Waals surface area (Å²) in [7, 11) is 0. The smallest absolute Gasteiger partial charge is 0.293 e. The highest BCUT2D eigenvalue weighted by atomic mass is 16.6. The monoisotopic (exact) mass is 298 g/mol. The lowest BCUT2D eigenvalue weighted by molar-refractivity contribution is -0.384. The first-order chi connectivity index (χ1) is 10.6. The molecule has 0 atom stereocenters. The van der Waals surface area contributed by atoms with Crippen LogP contribution in [0.1, 0.15) is 5.69 Å². The third-order valence-corrected chi connectivity index (χ3v) is 2.69. The molecule has 2 aromatic rings. The summed E-state index contributed by atoms with van der Waals surface area (Å²) in [5, 5.41) is 14.7. The van der Waals surface area contributed by atoms with Crippen molar-refractivity contribution in [3.63, 3.8) is 0 Å². The highest BCUT2D eigenvalue weighted by Crippen LogP contribution is 2.24. The van der Waals surface area contributed by atoms with Gasteiger partial charge in [-0.2, -0.15) is 0 Å². The SMILES string of the molecule is NC(N)=NNC=C=Cc1cccn1-c1ccccc1[N+](=O)[O-]. The number of nitro groups is 1. The molecule has 0 radical (unpaired) electrons. The van der Waals surface area contributed by atoms with Crippen molar-refractivity contribution in [1.29, 1.82) is 0 Å². The van der Waals surface area contributed by atoms with Gasteiger partial charge in [0.1, 0.15) is 5.69 Å². The molecule has 0 fully saturated rings. The van der Waals surface area contributed by atoms with Gasteiger partial charge in [0.05, 0.1) is 16.8 Å². The molecule has 0 aliphatic heterocycles. The number of hydrogen-bond donors (Lipinski definition) is 3. The van der Waals surface area contributed by atoms with Crippen molar-refractivity contribution in [2.45, 2.75) is 0 Å². The Morgan fingerprint density at radius 3 is 2.82 bits per heavy atom. The Labute approximate surface area is 126 Å². The van der Waals surface area contributed by atoms with E-state index in [1.54, 1.807) is 47.2 Å². The van der Waals surface area contributed by atoms with Crippen LogP contribution in [0.3, 0.4) is 0 Å². The molecular formula is C14H14N6O2. The Bertz CT molecular complexity index is 767. The lowest BCUT2D eigenvalue weighted by atomic mass is 10.2. The van der Waals surface area contributed by atoms with E-state index < -0.39 is 4.92 Å². The van der Waals surface area contributed by atoms with Gasteiger partial charge in [0.15, 0.2) is 0 Å². The molecule has 8 heteroatoms. The highest BCUT2D eigenvalue weighted by Gasteiger charge is 2.14. The molecule has 0 amide bonds. The van der Waals surface area contributed by atoms with E-state index in [2.05, 4.69) is 16.3 Å². The standard InChI is InChI=1S/C14H14N6O2/c15-14(16)18-17-9-3-5-11-6-4-10-19(11)12-7-1-2-8-13(12)20(21)22/h1-2,4-10,17H,(H4,15,16,18). The number of hydrogen-bond acceptors (Lipinski definition) is 4. The van der Waals surface area contributed by atoms with E-state index in [-0.39, 0.29) is 11.6 Å². The number of hydrazone groups is 1. The second-order valence-corrected chi connectivity index (χ2v) is 4.17. The van der Waals surface area contributed by atoms with Crippen molar-refractivity contribution in [2.24, 2.45) is 16.6 Å². The van der Waals surface area contributed by atoms with Gasteiger partial charge >= 0.3 is 0 Å². The lowest BCUT2D eigenvalue weighted by Gasteiger charge is -2.06. The van der Waals surface area contributed by atoms with Crippen LogP contribution in [0.4, 0.5) is 5.69 Å². The van der Waals surface area contributed by atoms with Gasteiger partial charge in [0.2, 0.25) is 5.96 Å². The molecule has 1 aromatic carbocycles. The molecule has 0 saturated carbocycles. The predicted octanol–water partition coefficient (Wildman–Crippen LogP) is 1.29. The molecule has 8 nitrogen and oxygen atoms in total. The quantitative estimate of drug-likeness (QED) is 0.252. The number of rotatable bonds is 5. The number of nitrogens with one attached hydrogen (secondary N) is 1. The fraction of sp³-hybridized carbons (Fsp3) is 0. The van der Waals surface area contributed by atoms with Gasteiger partial charge in [0.25, 0.3) is 5.69 Å². The van der Waals surface area contributed by atoms with E-state index in [4.69, 9.17) is 11.5 Å². The van der Waals surface area contributed by atoms with E-state index in [1.165, 1.54) is 12.3 Å². The third-order valence-electron chi connectivity index (χ3n) is 2.69. The minimum atomic E-state index is -0.418. The van der Waals surface area contributed by atoms with Crippen LogP contribution >= 0.6 is 0 Å². The van der Waals surface area contributed by atoms with Crippen molar-refractivity contribution in [2.75, 3.05) is 0 Å². The van der Waals surface area contributed by atoms with Crippen molar-refractivity contribution in [3.05, 3.63) is 70.3 Å². The maximum atomic E-state index is 11.1. The Hall–Kier alpha value is -3.51. The Morgan fingerprint density at radius 2 is 2.09 bits per heavy atom. The maximum absolute atomic E-state index is 11.1. The van der Waals surface area contributed by atoms with Crippen molar-refractivity contribution >= 4 is 17.7 Å². The zero-order valence-corrected chi connectivity index (χ0v) is 11.5. The molecule has 0 saturated heterocycles. The van der Waals surface area contributed by atoms with Crippen LogP contribution in [-0.4, -0.2) is 15.4 Å². The Balaban J connectivity index is 2.33. The molecule has 0 unspecified atom stereocenters. The molecule has 2 rings (SSSR count). The lowest BCUT2D eigenvalue weighted by Crippen LogP contribution is -2.24. The molecular weight excluding hydrogens is 284 g/mol. The number of nitrogens with zero attached hydrogens (tertiary/aromatic N) is 3. The Morgan fingerprint density at radius 1 is 1.32 bits per heavy atom. The predicted molar refractivity (Wildman–Crippen MR) is 83.9 cm³/mol. The summed E-state index contributed by atoms with van der Waals surface area (Å²) in [5.41, 5.74) is 16.8. The number of guanidine groups is 1. The fourth-order valence-electron chi connectivity index (χ4n) is 1.82. The van der Waals surface area contributed by atoms with Crippen LogP contribution in [0, 0.1) is 10.1 Å². The Kier molecular flexibility index (Phi) is 4.59. The molecule has 5 N–H and O–H groups in total. The van der Waals surface area contributed by atoms with Gasteiger partial charge < -0.3 is 16.0 Å². The van der Waals surface area contributed by atoms with E-state index in [1.807, 2.05) is 0 Å². The first kappa shape index (κ1) is 14.9. The zero-order chi connectivity index (χ0) is 15.9. The summed E-state index contributed by atoms with van der Waals surface area (Å²) in [6, 6.07) is 10.1. The van der Waals surface area contributed by atoms with Crippen LogP contribution in [0.2, 0.25) is 0 Å². The fourth-order valence-corrected chi connectivity index (χ4v) is 1.82. The van der Waals surface area contributed by atoms with Crippen LogP contribution in [-0.2, 0) is 0 Å². The summed E-state index contributed by atoms with van der Waals surface area (Å²) >= 11 is 0. The average Bonchev–Trinajstić information content (AvgIpc) is 2.94. The third kappa shape index (κ3) is 3.53. The average molecular weight is 298 g/mol. The molecule has 112 valence electrons. The van der Waals surface area contributed by atoms with Crippen LogP contribution in [0.15, 0.2) is 59.6 Å². The molecule has 0 spiro atoms. The van der Waals surface area contributed by atoms with Gasteiger partial charge in [-0.05, 0) is 18.2 Å². The number of benzene rings is 1. The molecule has 22 heavy (non-hydrogen) atoms. The van der Waals surface area contributed by atoms with E-state index in [0.29, 0.717) is 5.69 Å². The molecule has 0 bridgehead atoms. The van der Waals surface area contributed by atoms with Gasteiger partial charge in [0, 0.05) is 18.3 Å². The number of nitrogens with two attached hydrogens (primary N) is 2. The number of para-hydroxylation sites is 2. The number of nitro benzene ring substituents is 1. The van der Waals surface area contributed by atoms with E-state index in [9.17, 15) is 10.1 Å². The largest absolute Gasteiger partial charge is 0.369 e. The van der Waals surface area contributed by atoms with Gasteiger partial charge in [-0.3, -0.25) is 15.5 Å². The minimum Gasteiger partial charge on any atom is -0.369 e. The van der Waals surface area contributed by atoms with E-state index >= 15 is 0 Å². The van der Waals surface area contributed by atoms with Crippen LogP contribution < -0.4 is 16.9 Å². The summed E-state index contributed by atoms with van der Waals surface area (Å²) in [6.07, 6.45) is 4.79. The number of aromatic nitrogens is 1. The summed E-state index contributed by atoms with van der Waals surface area (Å²) in [6.45, 7) is 0. The normalized spacial score (nSPS) is 9.45. The van der Waals surface area contributed by atoms with Gasteiger partial charge in [-0.15, -0.1) is 5.10 Å². The molecule has 1 aromatic heterocycles. The first-order valence-electron chi connectivity index (χ1n) is 6.26. The van der Waals surface area contributed by atoms with E-state index in [0.717, 1.165) is 5.69 Å². The maximum Gasteiger partial charge on any atom is 0.293 e. The topological polar surface area (TPSA) is 125 Å². The molecule has 0 aliphatic rings. The van der Waals surface area contributed by atoms with Gasteiger partial charge in [-0.1, -0.05) is 17.9 Å². The summed E-state index contributed by atoms with van der Waals surface area (Å²) < 4.78 is 1.69. The van der Waals surface area contributed by atoms with Crippen molar-refractivity contribution in [1.82, 2.24) is 9.99 Å². The molecule has 0 aliphatic carbocycles. The first-order valence-corrected chi connectivity index (χ1v) is 6.26. The zero-order valence-electron chi connectivity index (χ0n) is 11.5. The van der Waals surface area contributed by atoms with Crippen molar-refractivity contribution < 1.29 is 4.92 Å². The minimum absolute atomic E-state index is 0.0240. The van der Waals surface area contributed by atoms with Crippen LogP contribution in [0.5, 0.6) is 0 Å².